The van der Waals surface area contributed by atoms with Gasteiger partial charge in [0.25, 0.3) is 11.8 Å². The molecular formula is C24H24N2O4. The Bertz CT molecular complexity index is 1000. The minimum absolute atomic E-state index is 0.00350. The number of ether oxygens (including phenoxy) is 1. The Morgan fingerprint density at radius 2 is 1.90 bits per heavy atom. The monoisotopic (exact) mass is 404 g/mol. The minimum Gasteiger partial charge on any atom is -0.484 e. The zero-order valence-electron chi connectivity index (χ0n) is 16.7. The number of carbonyl (C=O) groups is 2. The normalized spacial score (nSPS) is 18.3. The SMILES string of the molecule is CC1CC1C(NC(=O)COc1cccc(NC(=O)c2ccco2)c1)c1ccccc1. The zero-order chi connectivity index (χ0) is 20.9. The lowest BCUT2D eigenvalue weighted by atomic mass is 10.0. The van der Waals surface area contributed by atoms with E-state index in [2.05, 4.69) is 17.6 Å². The molecule has 154 valence electrons. The predicted octanol–water partition coefficient (Wildman–Crippen LogP) is 4.42. The van der Waals surface area contributed by atoms with Crippen LogP contribution in [0.15, 0.2) is 77.4 Å². The number of nitrogens with one attached hydrogen (secondary N) is 2. The lowest BCUT2D eigenvalue weighted by Gasteiger charge is -2.19. The van der Waals surface area contributed by atoms with E-state index in [0.29, 0.717) is 23.3 Å². The third kappa shape index (κ3) is 4.89. The molecule has 1 fully saturated rings. The van der Waals surface area contributed by atoms with E-state index in [-0.39, 0.29) is 30.2 Å². The molecule has 6 heteroatoms. The summed E-state index contributed by atoms with van der Waals surface area (Å²) in [6.45, 7) is 2.10. The van der Waals surface area contributed by atoms with E-state index < -0.39 is 0 Å². The zero-order valence-corrected chi connectivity index (χ0v) is 16.7. The summed E-state index contributed by atoms with van der Waals surface area (Å²) < 4.78 is 10.7. The van der Waals surface area contributed by atoms with E-state index in [1.54, 1.807) is 36.4 Å². The van der Waals surface area contributed by atoms with Crippen LogP contribution >= 0.6 is 0 Å². The first kappa shape index (κ1) is 19.8. The molecule has 0 spiro atoms. The number of benzene rings is 2. The van der Waals surface area contributed by atoms with Gasteiger partial charge < -0.3 is 19.8 Å². The Hall–Kier alpha value is -3.54. The van der Waals surface area contributed by atoms with Crippen LogP contribution in [0.1, 0.15) is 35.5 Å². The molecule has 1 heterocycles. The molecule has 1 saturated carbocycles. The van der Waals surface area contributed by atoms with E-state index in [1.165, 1.54) is 6.26 Å². The van der Waals surface area contributed by atoms with Gasteiger partial charge in [-0.3, -0.25) is 9.59 Å². The summed E-state index contributed by atoms with van der Waals surface area (Å²) in [6, 6.07) is 20.2. The van der Waals surface area contributed by atoms with Gasteiger partial charge in [-0.15, -0.1) is 0 Å². The fourth-order valence-corrected chi connectivity index (χ4v) is 3.54. The Morgan fingerprint density at radius 1 is 1.10 bits per heavy atom. The molecule has 2 aromatic carbocycles. The van der Waals surface area contributed by atoms with Gasteiger partial charge in [0.05, 0.1) is 12.3 Å². The number of carbonyl (C=O) groups excluding carboxylic acids is 2. The second-order valence-electron chi connectivity index (χ2n) is 7.58. The van der Waals surface area contributed by atoms with E-state index in [0.717, 1.165) is 12.0 Å². The van der Waals surface area contributed by atoms with Gasteiger partial charge in [0.2, 0.25) is 0 Å². The van der Waals surface area contributed by atoms with E-state index in [1.807, 2.05) is 30.3 Å². The molecule has 3 aromatic rings. The molecule has 0 aliphatic heterocycles. The van der Waals surface area contributed by atoms with Crippen LogP contribution in [-0.4, -0.2) is 18.4 Å². The van der Waals surface area contributed by atoms with Crippen molar-refractivity contribution in [3.8, 4) is 5.75 Å². The van der Waals surface area contributed by atoms with Crippen LogP contribution in [0.4, 0.5) is 5.69 Å². The number of hydrogen-bond donors (Lipinski definition) is 2. The molecule has 6 nitrogen and oxygen atoms in total. The van der Waals surface area contributed by atoms with Crippen LogP contribution in [0.5, 0.6) is 5.75 Å². The summed E-state index contributed by atoms with van der Waals surface area (Å²) in [5.74, 6) is 1.26. The molecule has 0 bridgehead atoms. The van der Waals surface area contributed by atoms with Crippen LogP contribution in [0.3, 0.4) is 0 Å². The largest absolute Gasteiger partial charge is 0.484 e. The summed E-state index contributed by atoms with van der Waals surface area (Å²) in [7, 11) is 0. The van der Waals surface area contributed by atoms with Crippen molar-refractivity contribution >= 4 is 17.5 Å². The number of amides is 2. The molecule has 0 saturated heterocycles. The van der Waals surface area contributed by atoms with Crippen LogP contribution in [0, 0.1) is 11.8 Å². The summed E-state index contributed by atoms with van der Waals surface area (Å²) in [4.78, 5) is 24.6. The number of furan rings is 1. The second kappa shape index (κ2) is 8.86. The van der Waals surface area contributed by atoms with Crippen molar-refractivity contribution in [3.63, 3.8) is 0 Å². The number of hydrogen-bond acceptors (Lipinski definition) is 4. The van der Waals surface area contributed by atoms with Gasteiger partial charge in [0.1, 0.15) is 5.75 Å². The van der Waals surface area contributed by atoms with Crippen molar-refractivity contribution in [2.24, 2.45) is 11.8 Å². The molecule has 30 heavy (non-hydrogen) atoms. The maximum Gasteiger partial charge on any atom is 0.291 e. The molecule has 1 aromatic heterocycles. The van der Waals surface area contributed by atoms with E-state index >= 15 is 0 Å². The quantitative estimate of drug-likeness (QED) is 0.582. The molecule has 2 N–H and O–H groups in total. The molecular weight excluding hydrogens is 380 g/mol. The topological polar surface area (TPSA) is 80.6 Å². The highest BCUT2D eigenvalue weighted by molar-refractivity contribution is 6.02. The second-order valence-corrected chi connectivity index (χ2v) is 7.58. The summed E-state index contributed by atoms with van der Waals surface area (Å²) in [5.41, 5.74) is 1.67. The van der Waals surface area contributed by atoms with E-state index in [4.69, 9.17) is 9.15 Å². The Kier molecular flexibility index (Phi) is 5.84. The first-order valence-corrected chi connectivity index (χ1v) is 10.0. The molecule has 0 radical (unpaired) electrons. The van der Waals surface area contributed by atoms with Crippen molar-refractivity contribution in [1.29, 1.82) is 0 Å². The molecule has 1 aliphatic rings. The highest BCUT2D eigenvalue weighted by Gasteiger charge is 2.40. The third-order valence-electron chi connectivity index (χ3n) is 5.28. The lowest BCUT2D eigenvalue weighted by Crippen LogP contribution is -2.34. The first-order chi connectivity index (χ1) is 14.6. The predicted molar refractivity (Wildman–Crippen MR) is 113 cm³/mol. The average Bonchev–Trinajstić information content (AvgIpc) is 3.24. The van der Waals surface area contributed by atoms with Crippen molar-refractivity contribution < 1.29 is 18.7 Å². The summed E-state index contributed by atoms with van der Waals surface area (Å²) in [5, 5.41) is 5.86. The van der Waals surface area contributed by atoms with Gasteiger partial charge in [-0.1, -0.05) is 43.3 Å². The Balaban J connectivity index is 1.34. The van der Waals surface area contributed by atoms with Gasteiger partial charge >= 0.3 is 0 Å². The molecule has 4 rings (SSSR count). The van der Waals surface area contributed by atoms with Crippen molar-refractivity contribution in [2.45, 2.75) is 19.4 Å². The van der Waals surface area contributed by atoms with Gasteiger partial charge in [-0.2, -0.15) is 0 Å². The molecule has 2 amide bonds. The van der Waals surface area contributed by atoms with Gasteiger partial charge in [-0.05, 0) is 48.1 Å². The number of anilines is 1. The van der Waals surface area contributed by atoms with Crippen LogP contribution in [0.2, 0.25) is 0 Å². The fourth-order valence-electron chi connectivity index (χ4n) is 3.54. The molecule has 3 atom stereocenters. The average molecular weight is 404 g/mol. The maximum atomic E-state index is 12.5. The Labute approximate surface area is 175 Å². The van der Waals surface area contributed by atoms with Crippen molar-refractivity contribution in [2.75, 3.05) is 11.9 Å². The first-order valence-electron chi connectivity index (χ1n) is 10.0. The molecule has 1 aliphatic carbocycles. The van der Waals surface area contributed by atoms with Crippen LogP contribution in [0.25, 0.3) is 0 Å². The van der Waals surface area contributed by atoms with Crippen LogP contribution < -0.4 is 15.4 Å². The minimum atomic E-state index is -0.348. The van der Waals surface area contributed by atoms with Gasteiger partial charge in [0, 0.05) is 11.8 Å². The fraction of sp³-hybridized carbons (Fsp3) is 0.250. The summed E-state index contributed by atoms with van der Waals surface area (Å²) >= 11 is 0. The maximum absolute atomic E-state index is 12.5. The highest BCUT2D eigenvalue weighted by atomic mass is 16.5. The number of rotatable bonds is 8. The Morgan fingerprint density at radius 3 is 2.60 bits per heavy atom. The third-order valence-corrected chi connectivity index (χ3v) is 5.28. The summed E-state index contributed by atoms with van der Waals surface area (Å²) in [6.07, 6.45) is 2.55. The highest BCUT2D eigenvalue weighted by Crippen LogP contribution is 2.46. The van der Waals surface area contributed by atoms with E-state index in [9.17, 15) is 9.59 Å². The van der Waals surface area contributed by atoms with Gasteiger partial charge in [-0.25, -0.2) is 0 Å². The molecule has 3 unspecified atom stereocenters. The van der Waals surface area contributed by atoms with Crippen molar-refractivity contribution in [3.05, 3.63) is 84.3 Å². The smallest absolute Gasteiger partial charge is 0.291 e. The van der Waals surface area contributed by atoms with Gasteiger partial charge in [0.15, 0.2) is 12.4 Å². The van der Waals surface area contributed by atoms with Crippen molar-refractivity contribution in [1.82, 2.24) is 5.32 Å². The standard InChI is InChI=1S/C24H24N2O4/c1-16-13-20(16)23(17-7-3-2-4-8-17)26-22(27)15-30-19-10-5-9-18(14-19)25-24(28)21-11-6-12-29-21/h2-12,14,16,20,23H,13,15H2,1H3,(H,25,28)(H,26,27). The lowest BCUT2D eigenvalue weighted by molar-refractivity contribution is -0.124. The van der Waals surface area contributed by atoms with Crippen LogP contribution in [-0.2, 0) is 4.79 Å².